The standard InChI is InChI=1S/C20H30N6O/c1-6-26(7-2)16-8-9-17(15(3)12-16)24-19-14-22-18(13-23-19)20(27)21-10-11-25(4)5/h8-9,12-14H,6-7,10-11H2,1-5H3,(H,21,27)(H,23,24). The van der Waals surface area contributed by atoms with E-state index < -0.39 is 0 Å². The van der Waals surface area contributed by atoms with Crippen LogP contribution in [-0.4, -0.2) is 61.0 Å². The van der Waals surface area contributed by atoms with Crippen molar-refractivity contribution in [2.45, 2.75) is 20.8 Å². The summed E-state index contributed by atoms with van der Waals surface area (Å²) in [4.78, 5) is 24.9. The molecule has 0 fully saturated rings. The summed E-state index contributed by atoms with van der Waals surface area (Å²) in [6, 6.07) is 6.31. The second-order valence-corrected chi connectivity index (χ2v) is 6.64. The van der Waals surface area contributed by atoms with E-state index in [1.54, 1.807) is 6.20 Å². The Morgan fingerprint density at radius 2 is 1.85 bits per heavy atom. The Morgan fingerprint density at radius 3 is 2.41 bits per heavy atom. The fraction of sp³-hybridized carbons (Fsp3) is 0.450. The molecule has 2 N–H and O–H groups in total. The van der Waals surface area contributed by atoms with Crippen molar-refractivity contribution < 1.29 is 4.79 Å². The molecule has 7 heteroatoms. The van der Waals surface area contributed by atoms with E-state index in [2.05, 4.69) is 58.4 Å². The lowest BCUT2D eigenvalue weighted by Crippen LogP contribution is -2.31. The van der Waals surface area contributed by atoms with Crippen LogP contribution >= 0.6 is 0 Å². The van der Waals surface area contributed by atoms with E-state index >= 15 is 0 Å². The van der Waals surface area contributed by atoms with Gasteiger partial charge in [0.05, 0.1) is 12.4 Å². The van der Waals surface area contributed by atoms with Crippen molar-refractivity contribution in [3.63, 3.8) is 0 Å². The minimum absolute atomic E-state index is 0.212. The van der Waals surface area contributed by atoms with Gasteiger partial charge in [-0.25, -0.2) is 9.97 Å². The Balaban J connectivity index is 2.01. The van der Waals surface area contributed by atoms with Gasteiger partial charge in [0.25, 0.3) is 5.91 Å². The number of hydrogen-bond donors (Lipinski definition) is 2. The summed E-state index contributed by atoms with van der Waals surface area (Å²) in [5, 5.41) is 6.10. The van der Waals surface area contributed by atoms with Gasteiger partial charge in [0.2, 0.25) is 0 Å². The molecule has 146 valence electrons. The minimum Gasteiger partial charge on any atom is -0.372 e. The largest absolute Gasteiger partial charge is 0.372 e. The number of nitrogens with one attached hydrogen (secondary N) is 2. The van der Waals surface area contributed by atoms with Gasteiger partial charge in [0.1, 0.15) is 11.5 Å². The van der Waals surface area contributed by atoms with E-state index in [0.717, 1.165) is 30.9 Å². The van der Waals surface area contributed by atoms with Crippen molar-refractivity contribution in [2.75, 3.05) is 50.5 Å². The molecule has 27 heavy (non-hydrogen) atoms. The van der Waals surface area contributed by atoms with Crippen molar-refractivity contribution in [1.29, 1.82) is 0 Å². The van der Waals surface area contributed by atoms with Crippen LogP contribution in [-0.2, 0) is 0 Å². The molecule has 1 amide bonds. The summed E-state index contributed by atoms with van der Waals surface area (Å²) in [6.45, 7) is 9.68. The number of amides is 1. The van der Waals surface area contributed by atoms with Gasteiger partial charge in [0.15, 0.2) is 0 Å². The second kappa shape index (κ2) is 9.87. The number of carbonyl (C=O) groups is 1. The Hall–Kier alpha value is -2.67. The van der Waals surface area contributed by atoms with Crippen molar-refractivity contribution in [3.8, 4) is 0 Å². The Kier molecular flexibility index (Phi) is 7.55. The van der Waals surface area contributed by atoms with Crippen molar-refractivity contribution in [1.82, 2.24) is 20.2 Å². The van der Waals surface area contributed by atoms with Crippen LogP contribution in [0.2, 0.25) is 0 Å². The first-order chi connectivity index (χ1) is 12.9. The van der Waals surface area contributed by atoms with Gasteiger partial charge >= 0.3 is 0 Å². The van der Waals surface area contributed by atoms with E-state index in [4.69, 9.17) is 0 Å². The summed E-state index contributed by atoms with van der Waals surface area (Å²) in [5.74, 6) is 0.397. The fourth-order valence-corrected chi connectivity index (χ4v) is 2.70. The molecule has 1 aromatic carbocycles. The number of likely N-dealkylation sites (N-methyl/N-ethyl adjacent to an activating group) is 1. The third kappa shape index (κ3) is 5.92. The van der Waals surface area contributed by atoms with Crippen molar-refractivity contribution in [3.05, 3.63) is 41.9 Å². The average molecular weight is 371 g/mol. The average Bonchev–Trinajstić information content (AvgIpc) is 2.65. The van der Waals surface area contributed by atoms with Crippen LogP contribution in [0.1, 0.15) is 29.9 Å². The topological polar surface area (TPSA) is 73.4 Å². The van der Waals surface area contributed by atoms with E-state index in [0.29, 0.717) is 18.1 Å². The Labute approximate surface area is 161 Å². The summed E-state index contributed by atoms with van der Waals surface area (Å²) < 4.78 is 0. The molecular weight excluding hydrogens is 340 g/mol. The summed E-state index contributed by atoms with van der Waals surface area (Å²) in [7, 11) is 3.92. The van der Waals surface area contributed by atoms with Gasteiger partial charge in [-0.3, -0.25) is 4.79 Å². The normalized spacial score (nSPS) is 10.7. The minimum atomic E-state index is -0.212. The van der Waals surface area contributed by atoms with Gasteiger partial charge < -0.3 is 20.4 Å². The fourth-order valence-electron chi connectivity index (χ4n) is 2.70. The van der Waals surface area contributed by atoms with Gasteiger partial charge in [-0.15, -0.1) is 0 Å². The quantitative estimate of drug-likeness (QED) is 0.707. The predicted octanol–water partition coefficient (Wildman–Crippen LogP) is 2.67. The number of aromatic nitrogens is 2. The van der Waals surface area contributed by atoms with Crippen molar-refractivity contribution in [2.24, 2.45) is 0 Å². The van der Waals surface area contributed by atoms with E-state index in [1.807, 2.05) is 25.1 Å². The maximum absolute atomic E-state index is 12.1. The number of aryl methyl sites for hydroxylation is 1. The third-order valence-electron chi connectivity index (χ3n) is 4.33. The zero-order valence-electron chi connectivity index (χ0n) is 16.9. The zero-order valence-corrected chi connectivity index (χ0v) is 16.9. The van der Waals surface area contributed by atoms with Crippen LogP contribution in [0.5, 0.6) is 0 Å². The van der Waals surface area contributed by atoms with Gasteiger partial charge in [-0.2, -0.15) is 0 Å². The first kappa shape index (κ1) is 20.6. The highest BCUT2D eigenvalue weighted by atomic mass is 16.1. The smallest absolute Gasteiger partial charge is 0.271 e. The first-order valence-electron chi connectivity index (χ1n) is 9.32. The number of hydrogen-bond acceptors (Lipinski definition) is 6. The molecule has 0 bridgehead atoms. The number of carbonyl (C=O) groups excluding carboxylic acids is 1. The van der Waals surface area contributed by atoms with Gasteiger partial charge in [0, 0.05) is 37.6 Å². The lowest BCUT2D eigenvalue weighted by Gasteiger charge is -2.22. The Bertz CT molecular complexity index is 741. The lowest BCUT2D eigenvalue weighted by molar-refractivity contribution is 0.0945. The second-order valence-electron chi connectivity index (χ2n) is 6.64. The highest BCUT2D eigenvalue weighted by molar-refractivity contribution is 5.92. The predicted molar refractivity (Wildman–Crippen MR) is 111 cm³/mol. The summed E-state index contributed by atoms with van der Waals surface area (Å²) in [6.07, 6.45) is 3.07. The molecule has 0 unspecified atom stereocenters. The van der Waals surface area contributed by atoms with Crippen molar-refractivity contribution >= 4 is 23.1 Å². The molecule has 7 nitrogen and oxygen atoms in total. The van der Waals surface area contributed by atoms with Crippen LogP contribution in [0.4, 0.5) is 17.2 Å². The molecule has 0 spiro atoms. The SMILES string of the molecule is CCN(CC)c1ccc(Nc2cnc(C(=O)NCCN(C)C)cn2)c(C)c1. The zero-order chi connectivity index (χ0) is 19.8. The summed E-state index contributed by atoms with van der Waals surface area (Å²) in [5.41, 5.74) is 3.63. The molecule has 0 saturated carbocycles. The molecule has 0 radical (unpaired) electrons. The van der Waals surface area contributed by atoms with Crippen LogP contribution < -0.4 is 15.5 Å². The molecule has 2 rings (SSSR count). The monoisotopic (exact) mass is 370 g/mol. The van der Waals surface area contributed by atoms with Crippen LogP contribution in [0.3, 0.4) is 0 Å². The highest BCUT2D eigenvalue weighted by Crippen LogP contribution is 2.24. The maximum Gasteiger partial charge on any atom is 0.271 e. The Morgan fingerprint density at radius 1 is 1.11 bits per heavy atom. The van der Waals surface area contributed by atoms with Crippen LogP contribution in [0.25, 0.3) is 0 Å². The number of anilines is 3. The van der Waals surface area contributed by atoms with Gasteiger partial charge in [-0.05, 0) is 58.6 Å². The number of nitrogens with zero attached hydrogens (tertiary/aromatic N) is 4. The van der Waals surface area contributed by atoms with E-state index in [9.17, 15) is 4.79 Å². The molecule has 0 aliphatic carbocycles. The molecule has 1 aromatic heterocycles. The molecule has 0 saturated heterocycles. The van der Waals surface area contributed by atoms with E-state index in [-0.39, 0.29) is 5.91 Å². The number of benzene rings is 1. The van der Waals surface area contributed by atoms with Gasteiger partial charge in [-0.1, -0.05) is 0 Å². The molecule has 2 aromatic rings. The van der Waals surface area contributed by atoms with Crippen LogP contribution in [0.15, 0.2) is 30.6 Å². The lowest BCUT2D eigenvalue weighted by atomic mass is 10.1. The molecule has 0 atom stereocenters. The highest BCUT2D eigenvalue weighted by Gasteiger charge is 2.09. The molecule has 0 aliphatic rings. The summed E-state index contributed by atoms with van der Waals surface area (Å²) >= 11 is 0. The molecular formula is C20H30N6O. The first-order valence-corrected chi connectivity index (χ1v) is 9.32. The maximum atomic E-state index is 12.1. The third-order valence-corrected chi connectivity index (χ3v) is 4.33. The molecule has 1 heterocycles. The molecule has 0 aliphatic heterocycles. The van der Waals surface area contributed by atoms with Crippen LogP contribution in [0, 0.1) is 6.92 Å². The van der Waals surface area contributed by atoms with E-state index in [1.165, 1.54) is 11.9 Å². The number of rotatable bonds is 9.